The lowest BCUT2D eigenvalue weighted by Gasteiger charge is -2.31. The molecule has 3 aromatic carbocycles. The number of fused-ring (bicyclic) bond motifs is 1. The molecule has 0 amide bonds. The van der Waals surface area contributed by atoms with Crippen molar-refractivity contribution in [3.63, 3.8) is 0 Å². The normalized spacial score (nSPS) is 18.6. The number of aromatic nitrogens is 2. The average Bonchev–Trinajstić information content (AvgIpc) is 2.92. The Morgan fingerprint density at radius 3 is 2.14 bits per heavy atom. The maximum atomic E-state index is 4.83. The Balaban J connectivity index is 1.18. The van der Waals surface area contributed by atoms with Crippen molar-refractivity contribution in [3.8, 4) is 0 Å². The summed E-state index contributed by atoms with van der Waals surface area (Å²) < 4.78 is 0. The van der Waals surface area contributed by atoms with Gasteiger partial charge in [-0.15, -0.1) is 0 Å². The number of anilines is 2. The molecule has 5 rings (SSSR count). The molecule has 36 heavy (non-hydrogen) atoms. The molecule has 186 valence electrons. The second-order valence-corrected chi connectivity index (χ2v) is 10.2. The SMILES string of the molecule is CN(C)c1nc(NC2CCC(NCC(Cc3ccccc3)c3ccccc3)CC2)nc2ccccc12. The summed E-state index contributed by atoms with van der Waals surface area (Å²) in [5, 5.41) is 8.63. The molecule has 1 aromatic heterocycles. The second-order valence-electron chi connectivity index (χ2n) is 10.2. The number of rotatable bonds is 9. The number of hydrogen-bond donors (Lipinski definition) is 2. The van der Waals surface area contributed by atoms with E-state index in [4.69, 9.17) is 9.97 Å². The summed E-state index contributed by atoms with van der Waals surface area (Å²) in [7, 11) is 4.08. The fourth-order valence-electron chi connectivity index (χ4n) is 5.33. The van der Waals surface area contributed by atoms with E-state index in [1.54, 1.807) is 0 Å². The zero-order valence-corrected chi connectivity index (χ0v) is 21.4. The van der Waals surface area contributed by atoms with Crippen LogP contribution in [0.15, 0.2) is 84.9 Å². The minimum absolute atomic E-state index is 0.411. The quantitative estimate of drug-likeness (QED) is 0.307. The maximum Gasteiger partial charge on any atom is 0.225 e. The first-order chi connectivity index (χ1) is 17.7. The Hall–Kier alpha value is -3.44. The molecule has 1 unspecified atom stereocenters. The van der Waals surface area contributed by atoms with Gasteiger partial charge in [-0.1, -0.05) is 72.8 Å². The van der Waals surface area contributed by atoms with E-state index in [1.165, 1.54) is 24.0 Å². The molecule has 2 N–H and O–H groups in total. The van der Waals surface area contributed by atoms with E-state index in [9.17, 15) is 0 Å². The minimum Gasteiger partial charge on any atom is -0.362 e. The predicted molar refractivity (Wildman–Crippen MR) is 151 cm³/mol. The van der Waals surface area contributed by atoms with Crippen molar-refractivity contribution in [2.45, 2.75) is 50.1 Å². The van der Waals surface area contributed by atoms with E-state index in [1.807, 2.05) is 26.2 Å². The van der Waals surface area contributed by atoms with Crippen LogP contribution in [-0.4, -0.2) is 42.7 Å². The zero-order chi connectivity index (χ0) is 24.7. The van der Waals surface area contributed by atoms with Gasteiger partial charge in [0.05, 0.1) is 5.52 Å². The topological polar surface area (TPSA) is 53.1 Å². The van der Waals surface area contributed by atoms with Crippen LogP contribution < -0.4 is 15.5 Å². The van der Waals surface area contributed by atoms with Gasteiger partial charge >= 0.3 is 0 Å². The van der Waals surface area contributed by atoms with Crippen molar-refractivity contribution in [2.24, 2.45) is 0 Å². The molecule has 0 spiro atoms. The van der Waals surface area contributed by atoms with Crippen LogP contribution in [-0.2, 0) is 6.42 Å². The van der Waals surface area contributed by atoms with E-state index in [0.29, 0.717) is 18.0 Å². The molecule has 5 heteroatoms. The van der Waals surface area contributed by atoms with Crippen LogP contribution in [0.3, 0.4) is 0 Å². The van der Waals surface area contributed by atoms with Gasteiger partial charge in [0, 0.05) is 44.0 Å². The molecule has 0 bridgehead atoms. The minimum atomic E-state index is 0.411. The first-order valence-corrected chi connectivity index (χ1v) is 13.2. The van der Waals surface area contributed by atoms with E-state index >= 15 is 0 Å². The van der Waals surface area contributed by atoms with Crippen LogP contribution in [0, 0.1) is 0 Å². The van der Waals surface area contributed by atoms with Gasteiger partial charge in [0.25, 0.3) is 0 Å². The predicted octanol–water partition coefficient (Wildman–Crippen LogP) is 6.04. The van der Waals surface area contributed by atoms with Gasteiger partial charge < -0.3 is 15.5 Å². The summed E-state index contributed by atoms with van der Waals surface area (Å²) in [5.74, 6) is 2.17. The van der Waals surface area contributed by atoms with Gasteiger partial charge in [-0.25, -0.2) is 4.98 Å². The molecule has 5 nitrogen and oxygen atoms in total. The smallest absolute Gasteiger partial charge is 0.225 e. The molecule has 1 atom stereocenters. The van der Waals surface area contributed by atoms with Crippen LogP contribution in [0.2, 0.25) is 0 Å². The number of nitrogens with zero attached hydrogens (tertiary/aromatic N) is 3. The van der Waals surface area contributed by atoms with Gasteiger partial charge in [-0.05, 0) is 55.4 Å². The zero-order valence-electron chi connectivity index (χ0n) is 21.4. The Morgan fingerprint density at radius 2 is 1.42 bits per heavy atom. The third-order valence-corrected chi connectivity index (χ3v) is 7.32. The number of nitrogens with one attached hydrogen (secondary N) is 2. The van der Waals surface area contributed by atoms with Gasteiger partial charge in [0.2, 0.25) is 5.95 Å². The van der Waals surface area contributed by atoms with Gasteiger partial charge in [-0.3, -0.25) is 0 Å². The third-order valence-electron chi connectivity index (χ3n) is 7.32. The van der Waals surface area contributed by atoms with Gasteiger partial charge in [0.15, 0.2) is 0 Å². The molecule has 1 aliphatic rings. The van der Waals surface area contributed by atoms with Crippen LogP contribution in [0.4, 0.5) is 11.8 Å². The highest BCUT2D eigenvalue weighted by Gasteiger charge is 2.23. The Kier molecular flexibility index (Phi) is 7.77. The summed E-state index contributed by atoms with van der Waals surface area (Å²) in [6, 6.07) is 31.0. The summed E-state index contributed by atoms with van der Waals surface area (Å²) >= 11 is 0. The molecule has 0 saturated heterocycles. The fourth-order valence-corrected chi connectivity index (χ4v) is 5.33. The molecule has 1 heterocycles. The first kappa shape index (κ1) is 24.3. The molecule has 1 saturated carbocycles. The Morgan fingerprint density at radius 1 is 0.778 bits per heavy atom. The Bertz CT molecular complexity index is 1230. The summed E-state index contributed by atoms with van der Waals surface area (Å²) in [4.78, 5) is 11.7. The third kappa shape index (κ3) is 6.03. The number of para-hydroxylation sites is 1. The van der Waals surface area contributed by atoms with Crippen LogP contribution in [0.25, 0.3) is 10.9 Å². The molecule has 4 aromatic rings. The lowest BCUT2D eigenvalue weighted by Crippen LogP contribution is -2.39. The lowest BCUT2D eigenvalue weighted by atomic mass is 9.89. The monoisotopic (exact) mass is 479 g/mol. The summed E-state index contributed by atoms with van der Waals surface area (Å²) in [6.07, 6.45) is 5.64. The van der Waals surface area contributed by atoms with Gasteiger partial charge in [-0.2, -0.15) is 4.98 Å². The lowest BCUT2D eigenvalue weighted by molar-refractivity contribution is 0.346. The van der Waals surface area contributed by atoms with Crippen molar-refractivity contribution in [1.29, 1.82) is 0 Å². The number of hydrogen-bond acceptors (Lipinski definition) is 5. The first-order valence-electron chi connectivity index (χ1n) is 13.2. The summed E-state index contributed by atoms with van der Waals surface area (Å²) in [6.45, 7) is 1.00. The van der Waals surface area contributed by atoms with E-state index in [-0.39, 0.29) is 0 Å². The van der Waals surface area contributed by atoms with Crippen molar-refractivity contribution in [3.05, 3.63) is 96.1 Å². The second kappa shape index (κ2) is 11.5. The van der Waals surface area contributed by atoms with E-state index < -0.39 is 0 Å². The summed E-state index contributed by atoms with van der Waals surface area (Å²) in [5.41, 5.74) is 3.79. The number of benzene rings is 3. The van der Waals surface area contributed by atoms with E-state index in [2.05, 4.69) is 88.3 Å². The maximum absolute atomic E-state index is 4.83. The van der Waals surface area contributed by atoms with E-state index in [0.717, 1.165) is 48.5 Å². The average molecular weight is 480 g/mol. The van der Waals surface area contributed by atoms with Crippen molar-refractivity contribution < 1.29 is 0 Å². The van der Waals surface area contributed by atoms with Crippen molar-refractivity contribution in [1.82, 2.24) is 15.3 Å². The molecule has 0 radical (unpaired) electrons. The molecular formula is C31H37N5. The van der Waals surface area contributed by atoms with Gasteiger partial charge in [0.1, 0.15) is 5.82 Å². The molecular weight excluding hydrogens is 442 g/mol. The molecule has 1 aliphatic carbocycles. The fraction of sp³-hybridized carbons (Fsp3) is 0.355. The molecule has 0 aliphatic heterocycles. The van der Waals surface area contributed by atoms with Crippen molar-refractivity contribution >= 4 is 22.7 Å². The van der Waals surface area contributed by atoms with Crippen LogP contribution in [0.1, 0.15) is 42.7 Å². The highest BCUT2D eigenvalue weighted by molar-refractivity contribution is 5.90. The van der Waals surface area contributed by atoms with Crippen molar-refractivity contribution in [2.75, 3.05) is 30.9 Å². The Labute approximate surface area is 215 Å². The highest BCUT2D eigenvalue weighted by Crippen LogP contribution is 2.27. The van der Waals surface area contributed by atoms with Crippen LogP contribution in [0.5, 0.6) is 0 Å². The standard InChI is InChI=1S/C31H37N5/c1-36(2)30-28-15-9-10-16-29(28)34-31(35-30)33-27-19-17-26(18-20-27)32-22-25(24-13-7-4-8-14-24)21-23-11-5-3-6-12-23/h3-16,25-27,32H,17-22H2,1-2H3,(H,33,34,35). The van der Waals surface area contributed by atoms with Crippen LogP contribution >= 0.6 is 0 Å². The highest BCUT2D eigenvalue weighted by atomic mass is 15.2. The molecule has 1 fully saturated rings. The largest absolute Gasteiger partial charge is 0.362 e.